The molecule has 1 fully saturated rings. The number of rotatable bonds is 8. The average Bonchev–Trinajstić information content (AvgIpc) is 2.98. The molecule has 0 aliphatic heterocycles. The van der Waals surface area contributed by atoms with Crippen LogP contribution >= 0.6 is 0 Å². The van der Waals surface area contributed by atoms with Gasteiger partial charge in [0.05, 0.1) is 6.61 Å². The van der Waals surface area contributed by atoms with E-state index in [0.29, 0.717) is 5.92 Å². The number of hydrogen-bond donors (Lipinski definition) is 2. The highest BCUT2D eigenvalue weighted by Gasteiger charge is 2.30. The van der Waals surface area contributed by atoms with E-state index in [2.05, 4.69) is 31.0 Å². The Kier molecular flexibility index (Phi) is 5.58. The van der Waals surface area contributed by atoms with Crippen molar-refractivity contribution in [2.75, 3.05) is 26.2 Å². The fourth-order valence-corrected chi connectivity index (χ4v) is 2.04. The first-order valence-corrected chi connectivity index (χ1v) is 6.25. The van der Waals surface area contributed by atoms with Gasteiger partial charge in [-0.2, -0.15) is 0 Å². The molecule has 0 amide bonds. The van der Waals surface area contributed by atoms with Gasteiger partial charge in [-0.15, -0.1) is 0 Å². The largest absolute Gasteiger partial charge is 0.395 e. The molecule has 1 saturated carbocycles. The number of nitrogens with one attached hydrogen (secondary N) is 1. The van der Waals surface area contributed by atoms with Gasteiger partial charge in [-0.25, -0.2) is 0 Å². The van der Waals surface area contributed by atoms with Crippen LogP contribution in [0.2, 0.25) is 0 Å². The smallest absolute Gasteiger partial charge is 0.0597 e. The lowest BCUT2D eigenvalue weighted by Crippen LogP contribution is -2.45. The van der Waals surface area contributed by atoms with Crippen molar-refractivity contribution in [2.24, 2.45) is 5.92 Å². The van der Waals surface area contributed by atoms with Crippen LogP contribution in [0.3, 0.4) is 0 Å². The summed E-state index contributed by atoms with van der Waals surface area (Å²) in [5.41, 5.74) is 0. The SMILES string of the molecule is CCNC(CO)CN(CC(C)C)C1CC1. The molecule has 0 bridgehead atoms. The average molecular weight is 214 g/mol. The summed E-state index contributed by atoms with van der Waals surface area (Å²) >= 11 is 0. The standard InChI is InChI=1S/C12H26N2O/c1-4-13-11(9-15)8-14(7-10(2)3)12-5-6-12/h10-13,15H,4-9H2,1-3H3. The molecular formula is C12H26N2O. The Morgan fingerprint density at radius 3 is 2.40 bits per heavy atom. The first kappa shape index (κ1) is 12.9. The van der Waals surface area contributed by atoms with E-state index in [-0.39, 0.29) is 12.6 Å². The van der Waals surface area contributed by atoms with Crippen LogP contribution in [0.4, 0.5) is 0 Å². The van der Waals surface area contributed by atoms with Crippen LogP contribution < -0.4 is 5.32 Å². The zero-order chi connectivity index (χ0) is 11.3. The summed E-state index contributed by atoms with van der Waals surface area (Å²) in [7, 11) is 0. The van der Waals surface area contributed by atoms with E-state index in [1.54, 1.807) is 0 Å². The van der Waals surface area contributed by atoms with Crippen LogP contribution in [-0.4, -0.2) is 48.3 Å². The maximum atomic E-state index is 9.25. The second-order valence-corrected chi connectivity index (χ2v) is 5.02. The van der Waals surface area contributed by atoms with Crippen molar-refractivity contribution in [3.63, 3.8) is 0 Å². The molecule has 0 saturated heterocycles. The maximum absolute atomic E-state index is 9.25. The van der Waals surface area contributed by atoms with Crippen LogP contribution in [0.5, 0.6) is 0 Å². The Morgan fingerprint density at radius 2 is 2.00 bits per heavy atom. The second-order valence-electron chi connectivity index (χ2n) is 5.02. The van der Waals surface area contributed by atoms with E-state index < -0.39 is 0 Å². The van der Waals surface area contributed by atoms with Crippen LogP contribution in [0.1, 0.15) is 33.6 Å². The predicted octanol–water partition coefficient (Wildman–Crippen LogP) is 1.08. The molecule has 0 spiro atoms. The fraction of sp³-hybridized carbons (Fsp3) is 1.00. The Hall–Kier alpha value is -0.120. The molecule has 90 valence electrons. The quantitative estimate of drug-likeness (QED) is 0.634. The van der Waals surface area contributed by atoms with Crippen molar-refractivity contribution in [3.8, 4) is 0 Å². The topological polar surface area (TPSA) is 35.5 Å². The van der Waals surface area contributed by atoms with Gasteiger partial charge in [0, 0.05) is 25.2 Å². The Bertz CT molecular complexity index is 169. The van der Waals surface area contributed by atoms with E-state index >= 15 is 0 Å². The highest BCUT2D eigenvalue weighted by Crippen LogP contribution is 2.27. The molecule has 1 aliphatic rings. The van der Waals surface area contributed by atoms with Crippen LogP contribution in [0.25, 0.3) is 0 Å². The monoisotopic (exact) mass is 214 g/mol. The molecule has 1 aliphatic carbocycles. The number of aliphatic hydroxyl groups is 1. The molecule has 0 heterocycles. The molecule has 1 atom stereocenters. The van der Waals surface area contributed by atoms with E-state index in [4.69, 9.17) is 0 Å². The van der Waals surface area contributed by atoms with Crippen molar-refractivity contribution in [2.45, 2.75) is 45.7 Å². The van der Waals surface area contributed by atoms with Crippen molar-refractivity contribution in [1.82, 2.24) is 10.2 Å². The van der Waals surface area contributed by atoms with Gasteiger partial charge in [0.25, 0.3) is 0 Å². The van der Waals surface area contributed by atoms with Crippen LogP contribution in [-0.2, 0) is 0 Å². The Balaban J connectivity index is 2.34. The lowest BCUT2D eigenvalue weighted by atomic mass is 10.2. The summed E-state index contributed by atoms with van der Waals surface area (Å²) in [4.78, 5) is 2.54. The van der Waals surface area contributed by atoms with Gasteiger partial charge in [0.15, 0.2) is 0 Å². The lowest BCUT2D eigenvalue weighted by Gasteiger charge is -2.28. The molecule has 15 heavy (non-hydrogen) atoms. The van der Waals surface area contributed by atoms with E-state index in [9.17, 15) is 5.11 Å². The fourth-order valence-electron chi connectivity index (χ4n) is 2.04. The van der Waals surface area contributed by atoms with Gasteiger partial charge in [-0.05, 0) is 25.3 Å². The zero-order valence-electron chi connectivity index (χ0n) is 10.4. The molecule has 3 nitrogen and oxygen atoms in total. The molecule has 0 aromatic carbocycles. The summed E-state index contributed by atoms with van der Waals surface area (Å²) < 4.78 is 0. The van der Waals surface area contributed by atoms with Gasteiger partial charge in [0.2, 0.25) is 0 Å². The van der Waals surface area contributed by atoms with Crippen molar-refractivity contribution < 1.29 is 5.11 Å². The molecule has 0 radical (unpaired) electrons. The molecule has 0 aromatic rings. The minimum atomic E-state index is 0.245. The normalized spacial score (nSPS) is 18.8. The van der Waals surface area contributed by atoms with Crippen molar-refractivity contribution in [3.05, 3.63) is 0 Å². The van der Waals surface area contributed by atoms with Crippen LogP contribution in [0.15, 0.2) is 0 Å². The third-order valence-electron chi connectivity index (χ3n) is 2.83. The summed E-state index contributed by atoms with van der Waals surface area (Å²) in [6.07, 6.45) is 2.69. The van der Waals surface area contributed by atoms with Crippen molar-refractivity contribution >= 4 is 0 Å². The van der Waals surface area contributed by atoms with E-state index in [1.165, 1.54) is 12.8 Å². The number of aliphatic hydroxyl groups excluding tert-OH is 1. The highest BCUT2D eigenvalue weighted by molar-refractivity contribution is 4.87. The third kappa shape index (κ3) is 4.96. The molecule has 1 rings (SSSR count). The van der Waals surface area contributed by atoms with Gasteiger partial charge < -0.3 is 10.4 Å². The number of likely N-dealkylation sites (N-methyl/N-ethyl adjacent to an activating group) is 1. The highest BCUT2D eigenvalue weighted by atomic mass is 16.3. The van der Waals surface area contributed by atoms with Gasteiger partial charge in [-0.1, -0.05) is 20.8 Å². The predicted molar refractivity (Wildman–Crippen MR) is 64.0 cm³/mol. The molecular weight excluding hydrogens is 188 g/mol. The Labute approximate surface area is 93.9 Å². The molecule has 2 N–H and O–H groups in total. The molecule has 0 aromatic heterocycles. The summed E-state index contributed by atoms with van der Waals surface area (Å²) in [6.45, 7) is 9.94. The lowest BCUT2D eigenvalue weighted by molar-refractivity contribution is 0.165. The van der Waals surface area contributed by atoms with E-state index in [1.807, 2.05) is 0 Å². The van der Waals surface area contributed by atoms with Gasteiger partial charge in [0.1, 0.15) is 0 Å². The molecule has 1 unspecified atom stereocenters. The zero-order valence-corrected chi connectivity index (χ0v) is 10.4. The van der Waals surface area contributed by atoms with Gasteiger partial charge >= 0.3 is 0 Å². The number of nitrogens with zero attached hydrogens (tertiary/aromatic N) is 1. The minimum Gasteiger partial charge on any atom is -0.395 e. The van der Waals surface area contributed by atoms with Crippen LogP contribution in [0, 0.1) is 5.92 Å². The van der Waals surface area contributed by atoms with E-state index in [0.717, 1.165) is 25.7 Å². The first-order chi connectivity index (χ1) is 7.17. The summed E-state index contributed by atoms with van der Waals surface area (Å²) in [5.74, 6) is 0.714. The second kappa shape index (κ2) is 6.46. The minimum absolute atomic E-state index is 0.245. The first-order valence-electron chi connectivity index (χ1n) is 6.25. The van der Waals surface area contributed by atoms with Gasteiger partial charge in [-0.3, -0.25) is 4.90 Å². The Morgan fingerprint density at radius 1 is 1.33 bits per heavy atom. The maximum Gasteiger partial charge on any atom is 0.0597 e. The van der Waals surface area contributed by atoms with Crippen molar-refractivity contribution in [1.29, 1.82) is 0 Å². The third-order valence-corrected chi connectivity index (χ3v) is 2.83. The summed E-state index contributed by atoms with van der Waals surface area (Å²) in [6, 6.07) is 1.04. The number of hydrogen-bond acceptors (Lipinski definition) is 3. The summed E-state index contributed by atoms with van der Waals surface area (Å²) in [5, 5.41) is 12.6. The molecule has 3 heteroatoms.